The first kappa shape index (κ1) is 31.1. The number of hydrogen-bond acceptors (Lipinski definition) is 8. The zero-order valence-electron chi connectivity index (χ0n) is 25.2. The molecule has 3 aliphatic heterocycles. The van der Waals surface area contributed by atoms with Gasteiger partial charge in [-0.15, -0.1) is 0 Å². The number of hydrogen-bond donors (Lipinski definition) is 1. The number of halogens is 2. The van der Waals surface area contributed by atoms with Crippen LogP contribution in [0.4, 0.5) is 13.6 Å². The molecule has 0 radical (unpaired) electrons. The molecule has 0 aliphatic carbocycles. The van der Waals surface area contributed by atoms with Crippen LogP contribution in [-0.2, 0) is 31.9 Å². The van der Waals surface area contributed by atoms with Gasteiger partial charge in [0.05, 0.1) is 30.7 Å². The number of ether oxygens (including phenoxy) is 4. The van der Waals surface area contributed by atoms with Crippen molar-refractivity contribution in [1.82, 2.24) is 15.4 Å². The molecule has 9 nitrogen and oxygen atoms in total. The lowest BCUT2D eigenvalue weighted by atomic mass is 9.34. The summed E-state index contributed by atoms with van der Waals surface area (Å²) in [7, 11) is 0. The monoisotopic (exact) mass is 616 g/mol. The number of nitrogens with one attached hydrogen (secondary N) is 1. The maximum Gasteiger partial charge on any atom is 0.422 e. The summed E-state index contributed by atoms with van der Waals surface area (Å²) in [5, 5.41) is 11.8. The first-order valence-corrected chi connectivity index (χ1v) is 15.2. The number of carbonyl (C=O) groups is 1. The average Bonchev–Trinajstić information content (AvgIpc) is 3.69. The zero-order valence-corrected chi connectivity index (χ0v) is 25.2. The highest BCUT2D eigenvalue weighted by molar-refractivity contribution is 6.72. The second-order valence-electron chi connectivity index (χ2n) is 12.3. The Morgan fingerprint density at radius 1 is 1.16 bits per heavy atom. The Kier molecular flexibility index (Phi) is 9.15. The maximum absolute atomic E-state index is 14.8. The molecular formula is C33H35BF2N4O5. The van der Waals surface area contributed by atoms with E-state index in [1.54, 1.807) is 35.3 Å². The third kappa shape index (κ3) is 6.87. The molecular weight excluding hydrogens is 581 g/mol. The highest BCUT2D eigenvalue weighted by atomic mass is 19.1. The van der Waals surface area contributed by atoms with E-state index in [0.717, 1.165) is 12.0 Å². The minimum absolute atomic E-state index is 0.0310. The van der Waals surface area contributed by atoms with E-state index < -0.39 is 42.3 Å². The normalized spacial score (nSPS) is 25.2. The van der Waals surface area contributed by atoms with Crippen molar-refractivity contribution in [2.24, 2.45) is 5.92 Å². The van der Waals surface area contributed by atoms with Crippen LogP contribution in [0.25, 0.3) is 11.1 Å². The van der Waals surface area contributed by atoms with Crippen molar-refractivity contribution in [3.63, 3.8) is 0 Å². The summed E-state index contributed by atoms with van der Waals surface area (Å²) >= 11 is 0. The number of hydrazine groups is 1. The van der Waals surface area contributed by atoms with Gasteiger partial charge in [-0.3, -0.25) is 5.43 Å². The van der Waals surface area contributed by atoms with Gasteiger partial charge in [-0.2, -0.15) is 4.39 Å². The average molecular weight is 616 g/mol. The van der Waals surface area contributed by atoms with Crippen LogP contribution in [0, 0.1) is 28.9 Å². The molecule has 3 saturated heterocycles. The number of nitrogens with zero attached hydrogens (tertiary/aromatic N) is 3. The molecule has 234 valence electrons. The van der Waals surface area contributed by atoms with Gasteiger partial charge in [0.15, 0.2) is 6.29 Å². The highest BCUT2D eigenvalue weighted by Gasteiger charge is 2.53. The number of rotatable bonds is 9. The van der Waals surface area contributed by atoms with Gasteiger partial charge in [-0.1, -0.05) is 42.5 Å². The third-order valence-electron chi connectivity index (χ3n) is 8.96. The highest BCUT2D eigenvalue weighted by Crippen LogP contribution is 2.40. The van der Waals surface area contributed by atoms with Gasteiger partial charge < -0.3 is 18.9 Å². The second kappa shape index (κ2) is 13.2. The molecule has 12 heteroatoms. The summed E-state index contributed by atoms with van der Waals surface area (Å²) in [5.41, 5.74) is 4.47. The largest absolute Gasteiger partial charge is 0.442 e. The fourth-order valence-corrected chi connectivity index (χ4v) is 6.69. The molecule has 1 amide bonds. The smallest absolute Gasteiger partial charge is 0.422 e. The molecule has 45 heavy (non-hydrogen) atoms. The lowest BCUT2D eigenvalue weighted by Crippen LogP contribution is -2.48. The van der Waals surface area contributed by atoms with E-state index in [0.29, 0.717) is 29.7 Å². The number of amides is 1. The number of carbonyl (C=O) groups excluding carboxylic acids is 1. The van der Waals surface area contributed by atoms with E-state index in [1.807, 2.05) is 38.1 Å². The van der Waals surface area contributed by atoms with Crippen molar-refractivity contribution in [1.29, 1.82) is 5.26 Å². The Labute approximate surface area is 261 Å². The molecule has 3 aliphatic rings. The van der Waals surface area contributed by atoms with E-state index >= 15 is 0 Å². The minimum Gasteiger partial charge on any atom is -0.442 e. The number of fused-ring (bicyclic) bond motifs is 1. The quantitative estimate of drug-likeness (QED) is 0.201. The van der Waals surface area contributed by atoms with E-state index in [-0.39, 0.29) is 37.7 Å². The van der Waals surface area contributed by atoms with Gasteiger partial charge >= 0.3 is 12.8 Å². The molecule has 6 rings (SSSR count). The Morgan fingerprint density at radius 3 is 2.71 bits per heavy atom. The SMILES string of the molecule is CC1(C)OC(CN(Cc2ccccc2F)NC(=O)OC2COC3OCCC23)[C@H](Cc2ccc(-c3cccnc3F)cc2)B1C#N. The summed E-state index contributed by atoms with van der Waals surface area (Å²) in [6, 6.07) is 17.2. The predicted octanol–water partition coefficient (Wildman–Crippen LogP) is 5.12. The molecule has 4 heterocycles. The van der Waals surface area contributed by atoms with E-state index in [1.165, 1.54) is 12.3 Å². The van der Waals surface area contributed by atoms with Crippen LogP contribution in [0.2, 0.25) is 5.82 Å². The summed E-state index contributed by atoms with van der Waals surface area (Å²) in [6.45, 7) is 4.31. The van der Waals surface area contributed by atoms with Crippen LogP contribution in [0.1, 0.15) is 31.4 Å². The third-order valence-corrected chi connectivity index (χ3v) is 8.96. The molecule has 5 atom stereocenters. The summed E-state index contributed by atoms with van der Waals surface area (Å²) in [4.78, 5) is 16.9. The van der Waals surface area contributed by atoms with Crippen molar-refractivity contribution < 1.29 is 32.5 Å². The summed E-state index contributed by atoms with van der Waals surface area (Å²) in [6.07, 6.45) is 0.654. The molecule has 1 N–H and O–H groups in total. The molecule has 1 aromatic heterocycles. The molecule has 0 spiro atoms. The van der Waals surface area contributed by atoms with Gasteiger partial charge in [0.1, 0.15) is 11.9 Å². The molecule has 3 fully saturated rings. The Hall–Kier alpha value is -3.89. The van der Waals surface area contributed by atoms with Gasteiger partial charge in [-0.25, -0.2) is 24.4 Å². The molecule has 3 aromatic rings. The fourth-order valence-electron chi connectivity index (χ4n) is 6.69. The van der Waals surface area contributed by atoms with Crippen LogP contribution < -0.4 is 5.43 Å². The minimum atomic E-state index is -0.772. The van der Waals surface area contributed by atoms with Gasteiger partial charge in [0.25, 0.3) is 0 Å². The second-order valence-corrected chi connectivity index (χ2v) is 12.3. The zero-order chi connectivity index (χ0) is 31.6. The topological polar surface area (TPSA) is 106 Å². The van der Waals surface area contributed by atoms with Gasteiger partial charge in [0.2, 0.25) is 5.95 Å². The van der Waals surface area contributed by atoms with Crippen LogP contribution >= 0.6 is 0 Å². The first-order chi connectivity index (χ1) is 21.7. The Bertz CT molecular complexity index is 1550. The molecule has 2 aromatic carbocycles. The lowest BCUT2D eigenvalue weighted by Gasteiger charge is -2.30. The van der Waals surface area contributed by atoms with Crippen molar-refractivity contribution in [2.45, 2.75) is 63.0 Å². The molecule has 0 saturated carbocycles. The molecule has 4 unspecified atom stereocenters. The Balaban J connectivity index is 1.21. The van der Waals surface area contributed by atoms with E-state index in [2.05, 4.69) is 16.4 Å². The summed E-state index contributed by atoms with van der Waals surface area (Å²) < 4.78 is 52.4. The fraction of sp³-hybridized carbons (Fsp3) is 0.424. The Morgan fingerprint density at radius 2 is 1.96 bits per heavy atom. The number of benzene rings is 2. The number of nitriles is 1. The van der Waals surface area contributed by atoms with Gasteiger partial charge in [-0.05, 0) is 61.8 Å². The number of pyridine rings is 1. The molecule has 0 bridgehead atoms. The first-order valence-electron chi connectivity index (χ1n) is 15.2. The van der Waals surface area contributed by atoms with Gasteiger partial charge in [0, 0.05) is 36.4 Å². The predicted molar refractivity (Wildman–Crippen MR) is 161 cm³/mol. The standard InChI is InChI=1S/C33H35BF2N4O5/c1-33(2)34(20-37)26(16-21-9-11-22(12-10-21)24-7-5-14-38-30(24)36)28(45-33)18-40(17-23-6-3-4-8-27(23)35)39-32(41)44-29-19-43-31-25(29)13-15-42-31/h3-12,14,25-26,28-29,31H,13,15-19H2,1-2H3,(H,39,41)/t25?,26-,28?,29?,31?/m0/s1. The van der Waals surface area contributed by atoms with E-state index in [4.69, 9.17) is 18.9 Å². The lowest BCUT2D eigenvalue weighted by molar-refractivity contribution is -0.0907. The summed E-state index contributed by atoms with van der Waals surface area (Å²) in [5.74, 6) is 1.21. The van der Waals surface area contributed by atoms with Crippen molar-refractivity contribution in [3.05, 3.63) is 89.8 Å². The maximum atomic E-state index is 14.8. The number of aromatic nitrogens is 1. The van der Waals surface area contributed by atoms with E-state index in [9.17, 15) is 18.8 Å². The van der Waals surface area contributed by atoms with Crippen LogP contribution in [-0.4, -0.2) is 66.6 Å². The van der Waals surface area contributed by atoms with Crippen LogP contribution in [0.15, 0.2) is 66.9 Å². The van der Waals surface area contributed by atoms with Crippen LogP contribution in [0.5, 0.6) is 0 Å². The van der Waals surface area contributed by atoms with Crippen molar-refractivity contribution in [3.8, 4) is 17.1 Å². The van der Waals surface area contributed by atoms with Crippen molar-refractivity contribution >= 4 is 12.8 Å². The van der Waals surface area contributed by atoms with Crippen LogP contribution in [0.3, 0.4) is 0 Å². The van der Waals surface area contributed by atoms with Crippen molar-refractivity contribution in [2.75, 3.05) is 19.8 Å².